The minimum atomic E-state index is 0.0719. The first-order valence-corrected chi connectivity index (χ1v) is 9.82. The zero-order chi connectivity index (χ0) is 18.5. The first kappa shape index (κ1) is 17.6. The number of para-hydroxylation sites is 1. The van der Waals surface area contributed by atoms with Crippen LogP contribution in [0.2, 0.25) is 0 Å². The number of rotatable bonds is 6. The first-order valence-electron chi connectivity index (χ1n) is 9.82. The molecule has 1 atom stereocenters. The van der Waals surface area contributed by atoms with Crippen LogP contribution in [0, 0.1) is 5.92 Å². The van der Waals surface area contributed by atoms with E-state index in [2.05, 4.69) is 56.0 Å². The molecule has 1 aliphatic rings. The number of hydrogen-bond acceptors (Lipinski definition) is 2. The number of nitrogens with zero attached hydrogens (tertiary/aromatic N) is 4. The van der Waals surface area contributed by atoms with Gasteiger partial charge in [0.1, 0.15) is 0 Å². The number of amides is 2. The Balaban J connectivity index is 1.22. The van der Waals surface area contributed by atoms with Crippen LogP contribution in [0.1, 0.15) is 19.3 Å². The van der Waals surface area contributed by atoms with E-state index >= 15 is 0 Å². The van der Waals surface area contributed by atoms with Crippen LogP contribution >= 0.6 is 0 Å². The molecule has 6 nitrogen and oxygen atoms in total. The summed E-state index contributed by atoms with van der Waals surface area (Å²) in [5.74, 6) is 0.505. The fraction of sp³-hybridized carbons (Fsp3) is 0.429. The molecular formula is C21H27N5O. The summed E-state index contributed by atoms with van der Waals surface area (Å²) in [5.41, 5.74) is 1.25. The molecule has 4 rings (SSSR count). The average Bonchev–Trinajstić information content (AvgIpc) is 3.35. The standard InChI is InChI=1S/C21H27N5O/c27-21(26-11-3-5-18(16-26)15-24-14-10-22-17-24)23-9-4-12-25-13-8-19-6-1-2-7-20(19)25/h1-2,6-8,10,13-14,17-18H,3-5,9,11-12,15-16H2,(H,23,27). The number of piperidine rings is 1. The van der Waals surface area contributed by atoms with Crippen molar-refractivity contribution in [2.24, 2.45) is 5.92 Å². The summed E-state index contributed by atoms with van der Waals surface area (Å²) in [5, 5.41) is 4.36. The molecule has 0 saturated carbocycles. The van der Waals surface area contributed by atoms with E-state index in [1.807, 2.05) is 17.4 Å². The number of likely N-dealkylation sites (tertiary alicyclic amines) is 1. The summed E-state index contributed by atoms with van der Waals surface area (Å²) in [6.45, 7) is 4.23. The second kappa shape index (κ2) is 8.29. The smallest absolute Gasteiger partial charge is 0.317 e. The molecule has 2 amide bonds. The second-order valence-electron chi connectivity index (χ2n) is 7.37. The van der Waals surface area contributed by atoms with E-state index in [1.54, 1.807) is 6.20 Å². The van der Waals surface area contributed by atoms with Crippen molar-refractivity contribution in [2.75, 3.05) is 19.6 Å². The molecule has 0 spiro atoms. The minimum Gasteiger partial charge on any atom is -0.347 e. The number of urea groups is 1. The van der Waals surface area contributed by atoms with Crippen molar-refractivity contribution in [2.45, 2.75) is 32.4 Å². The normalized spacial score (nSPS) is 17.3. The summed E-state index contributed by atoms with van der Waals surface area (Å²) >= 11 is 0. The third-order valence-corrected chi connectivity index (χ3v) is 5.37. The van der Waals surface area contributed by atoms with Gasteiger partial charge < -0.3 is 19.4 Å². The van der Waals surface area contributed by atoms with E-state index in [9.17, 15) is 4.79 Å². The molecule has 1 unspecified atom stereocenters. The van der Waals surface area contributed by atoms with Crippen LogP contribution in [0.3, 0.4) is 0 Å². The highest BCUT2D eigenvalue weighted by Crippen LogP contribution is 2.18. The third-order valence-electron chi connectivity index (χ3n) is 5.37. The highest BCUT2D eigenvalue weighted by Gasteiger charge is 2.23. The molecule has 27 heavy (non-hydrogen) atoms. The zero-order valence-electron chi connectivity index (χ0n) is 15.6. The Morgan fingerprint density at radius 2 is 2.15 bits per heavy atom. The Morgan fingerprint density at radius 1 is 1.22 bits per heavy atom. The van der Waals surface area contributed by atoms with Crippen LogP contribution in [0.4, 0.5) is 4.79 Å². The van der Waals surface area contributed by atoms with Crippen molar-refractivity contribution in [1.82, 2.24) is 24.3 Å². The summed E-state index contributed by atoms with van der Waals surface area (Å²) in [7, 11) is 0. The van der Waals surface area contributed by atoms with Crippen molar-refractivity contribution < 1.29 is 4.79 Å². The van der Waals surface area contributed by atoms with E-state index in [0.29, 0.717) is 12.5 Å². The van der Waals surface area contributed by atoms with Crippen molar-refractivity contribution in [3.8, 4) is 0 Å². The number of carbonyl (C=O) groups is 1. The van der Waals surface area contributed by atoms with Gasteiger partial charge in [-0.15, -0.1) is 0 Å². The number of aromatic nitrogens is 3. The number of imidazole rings is 1. The molecular weight excluding hydrogens is 338 g/mol. The number of carbonyl (C=O) groups excluding carboxylic acids is 1. The van der Waals surface area contributed by atoms with Gasteiger partial charge in [0.25, 0.3) is 0 Å². The van der Waals surface area contributed by atoms with Crippen molar-refractivity contribution in [3.63, 3.8) is 0 Å². The summed E-state index contributed by atoms with van der Waals surface area (Å²) in [4.78, 5) is 18.6. The molecule has 1 saturated heterocycles. The molecule has 1 aliphatic heterocycles. The monoisotopic (exact) mass is 365 g/mol. The molecule has 1 N–H and O–H groups in total. The molecule has 142 valence electrons. The summed E-state index contributed by atoms with van der Waals surface area (Å²) in [6.07, 6.45) is 10.9. The Kier molecular flexibility index (Phi) is 5.42. The molecule has 1 fully saturated rings. The van der Waals surface area contributed by atoms with Crippen LogP contribution in [-0.4, -0.2) is 44.7 Å². The van der Waals surface area contributed by atoms with E-state index in [4.69, 9.17) is 0 Å². The summed E-state index contributed by atoms with van der Waals surface area (Å²) in [6, 6.07) is 10.6. The van der Waals surface area contributed by atoms with Crippen molar-refractivity contribution >= 4 is 16.9 Å². The van der Waals surface area contributed by atoms with E-state index < -0.39 is 0 Å². The van der Waals surface area contributed by atoms with Gasteiger partial charge in [0, 0.05) is 56.8 Å². The van der Waals surface area contributed by atoms with Gasteiger partial charge in [0.15, 0.2) is 0 Å². The molecule has 0 radical (unpaired) electrons. The third kappa shape index (κ3) is 4.32. The topological polar surface area (TPSA) is 55.1 Å². The maximum atomic E-state index is 12.5. The van der Waals surface area contributed by atoms with Crippen LogP contribution in [-0.2, 0) is 13.1 Å². The van der Waals surface area contributed by atoms with E-state index in [0.717, 1.165) is 39.0 Å². The van der Waals surface area contributed by atoms with Crippen LogP contribution in [0.25, 0.3) is 10.9 Å². The van der Waals surface area contributed by atoms with Gasteiger partial charge in [-0.1, -0.05) is 18.2 Å². The SMILES string of the molecule is O=C(NCCCn1ccc2ccccc21)N1CCCC(Cn2ccnc2)C1. The molecule has 3 aromatic rings. The van der Waals surface area contributed by atoms with E-state index in [-0.39, 0.29) is 6.03 Å². The quantitative estimate of drug-likeness (QED) is 0.681. The zero-order valence-corrected chi connectivity index (χ0v) is 15.6. The minimum absolute atomic E-state index is 0.0719. The Morgan fingerprint density at radius 3 is 3.04 bits per heavy atom. The van der Waals surface area contributed by atoms with Gasteiger partial charge in [0.05, 0.1) is 6.33 Å². The lowest BCUT2D eigenvalue weighted by Crippen LogP contribution is -2.46. The predicted molar refractivity (Wildman–Crippen MR) is 106 cm³/mol. The highest BCUT2D eigenvalue weighted by atomic mass is 16.2. The van der Waals surface area contributed by atoms with E-state index in [1.165, 1.54) is 17.3 Å². The second-order valence-corrected chi connectivity index (χ2v) is 7.37. The van der Waals surface area contributed by atoms with Crippen LogP contribution in [0.15, 0.2) is 55.2 Å². The lowest BCUT2D eigenvalue weighted by molar-refractivity contribution is 0.159. The average molecular weight is 365 g/mol. The Bertz CT molecular complexity index is 870. The highest BCUT2D eigenvalue weighted by molar-refractivity contribution is 5.79. The molecule has 1 aromatic carbocycles. The van der Waals surface area contributed by atoms with Gasteiger partial charge in [-0.05, 0) is 42.7 Å². The maximum absolute atomic E-state index is 12.5. The van der Waals surface area contributed by atoms with Gasteiger partial charge >= 0.3 is 6.03 Å². The predicted octanol–water partition coefficient (Wildman–Crippen LogP) is 3.35. The number of benzene rings is 1. The van der Waals surface area contributed by atoms with Gasteiger partial charge in [0.2, 0.25) is 0 Å². The number of nitrogens with one attached hydrogen (secondary N) is 1. The van der Waals surface area contributed by atoms with Crippen molar-refractivity contribution in [3.05, 3.63) is 55.2 Å². The van der Waals surface area contributed by atoms with Gasteiger partial charge in [-0.2, -0.15) is 0 Å². The molecule has 0 bridgehead atoms. The lowest BCUT2D eigenvalue weighted by Gasteiger charge is -2.33. The Labute approximate surface area is 159 Å². The number of fused-ring (bicyclic) bond motifs is 1. The molecule has 0 aliphatic carbocycles. The summed E-state index contributed by atoms with van der Waals surface area (Å²) < 4.78 is 4.36. The van der Waals surface area contributed by atoms with Gasteiger partial charge in [-0.3, -0.25) is 0 Å². The van der Waals surface area contributed by atoms with Crippen LogP contribution < -0.4 is 5.32 Å². The Hall–Kier alpha value is -2.76. The number of hydrogen-bond donors (Lipinski definition) is 1. The van der Waals surface area contributed by atoms with Crippen molar-refractivity contribution in [1.29, 1.82) is 0 Å². The molecule has 2 aromatic heterocycles. The van der Waals surface area contributed by atoms with Gasteiger partial charge in [-0.25, -0.2) is 9.78 Å². The molecule has 3 heterocycles. The lowest BCUT2D eigenvalue weighted by atomic mass is 9.98. The largest absolute Gasteiger partial charge is 0.347 e. The first-order chi connectivity index (χ1) is 13.3. The fourth-order valence-corrected chi connectivity index (χ4v) is 3.98. The number of aryl methyl sites for hydroxylation is 1. The van der Waals surface area contributed by atoms with Crippen LogP contribution in [0.5, 0.6) is 0 Å². The maximum Gasteiger partial charge on any atom is 0.317 e. The fourth-order valence-electron chi connectivity index (χ4n) is 3.98. The molecule has 6 heteroatoms.